The Morgan fingerprint density at radius 2 is 1.44 bits per heavy atom. The second-order valence-electron chi connectivity index (χ2n) is 6.46. The van der Waals surface area contributed by atoms with Crippen molar-refractivity contribution in [3.63, 3.8) is 0 Å². The molecule has 1 fully saturated rings. The molecule has 0 bridgehead atoms. The van der Waals surface area contributed by atoms with Crippen molar-refractivity contribution in [3.05, 3.63) is 17.7 Å². The quantitative estimate of drug-likeness (QED) is 0.732. The third kappa shape index (κ3) is 6.02. The molecule has 0 aromatic heterocycles. The van der Waals surface area contributed by atoms with Crippen LogP contribution in [0.25, 0.3) is 0 Å². The number of benzene rings is 1. The number of amides is 2. The molecule has 0 aliphatic carbocycles. The Kier molecular flexibility index (Phi) is 8.19. The summed E-state index contributed by atoms with van der Waals surface area (Å²) in [6, 6.07) is 3.06. The van der Waals surface area contributed by atoms with E-state index in [1.807, 2.05) is 0 Å². The minimum atomic E-state index is -0.463. The Hall–Kier alpha value is -2.48. The van der Waals surface area contributed by atoms with E-state index in [2.05, 4.69) is 15.8 Å². The van der Waals surface area contributed by atoms with E-state index in [1.165, 1.54) is 52.7 Å². The summed E-state index contributed by atoms with van der Waals surface area (Å²) in [6.45, 7) is 2.10. The molecule has 1 aromatic carbocycles. The number of rotatable bonds is 6. The van der Waals surface area contributed by atoms with E-state index in [9.17, 15) is 9.59 Å². The second kappa shape index (κ2) is 10.6. The van der Waals surface area contributed by atoms with Crippen molar-refractivity contribution in [2.75, 3.05) is 41.0 Å². The Labute approximate surface area is 160 Å². The number of nitrogens with one attached hydrogen (secondary N) is 2. The number of nitrogens with zero attached hydrogens (tertiary/aromatic N) is 1. The summed E-state index contributed by atoms with van der Waals surface area (Å²) < 4.78 is 15.7. The van der Waals surface area contributed by atoms with Gasteiger partial charge in [-0.1, -0.05) is 19.3 Å². The van der Waals surface area contributed by atoms with Crippen molar-refractivity contribution in [1.82, 2.24) is 15.8 Å². The van der Waals surface area contributed by atoms with Crippen LogP contribution < -0.4 is 25.1 Å². The monoisotopic (exact) mass is 379 g/mol. The SMILES string of the molecule is COc1cc(C(=O)NNC(=O)CN2CCCCCCC2)cc(OC)c1OC. The molecule has 2 rings (SSSR count). The van der Waals surface area contributed by atoms with Crippen LogP contribution >= 0.6 is 0 Å². The molecule has 2 N–H and O–H groups in total. The highest BCUT2D eigenvalue weighted by atomic mass is 16.5. The van der Waals surface area contributed by atoms with Gasteiger partial charge in [0.1, 0.15) is 0 Å². The van der Waals surface area contributed by atoms with Gasteiger partial charge in [-0.15, -0.1) is 0 Å². The standard InChI is InChI=1S/C19H29N3O5/c1-25-15-11-14(12-16(26-2)18(15)27-3)19(24)21-20-17(23)13-22-9-7-5-4-6-8-10-22/h11-12H,4-10,13H2,1-3H3,(H,20,23)(H,21,24). The van der Waals surface area contributed by atoms with Crippen molar-refractivity contribution in [2.45, 2.75) is 32.1 Å². The van der Waals surface area contributed by atoms with Crippen LogP contribution in [-0.2, 0) is 4.79 Å². The number of hydrogen-bond donors (Lipinski definition) is 2. The number of ether oxygens (including phenoxy) is 3. The van der Waals surface area contributed by atoms with Crippen LogP contribution in [0.5, 0.6) is 17.2 Å². The molecule has 0 saturated carbocycles. The Morgan fingerprint density at radius 1 is 0.889 bits per heavy atom. The third-order valence-electron chi connectivity index (χ3n) is 4.56. The van der Waals surface area contributed by atoms with Crippen LogP contribution in [0.4, 0.5) is 0 Å². The average Bonchev–Trinajstić information content (AvgIpc) is 2.66. The zero-order valence-corrected chi connectivity index (χ0v) is 16.3. The first-order valence-electron chi connectivity index (χ1n) is 9.20. The van der Waals surface area contributed by atoms with Crippen LogP contribution in [0.3, 0.4) is 0 Å². The minimum Gasteiger partial charge on any atom is -0.493 e. The molecule has 0 atom stereocenters. The maximum atomic E-state index is 12.4. The second-order valence-corrected chi connectivity index (χ2v) is 6.46. The molecule has 0 spiro atoms. The number of methoxy groups -OCH3 is 3. The highest BCUT2D eigenvalue weighted by molar-refractivity contribution is 5.96. The van der Waals surface area contributed by atoms with Gasteiger partial charge in [0, 0.05) is 5.56 Å². The average molecular weight is 379 g/mol. The molecule has 0 unspecified atom stereocenters. The maximum Gasteiger partial charge on any atom is 0.269 e. The maximum absolute atomic E-state index is 12.4. The Morgan fingerprint density at radius 3 is 1.96 bits per heavy atom. The zero-order chi connectivity index (χ0) is 19.6. The summed E-state index contributed by atoms with van der Waals surface area (Å²) >= 11 is 0. The fraction of sp³-hybridized carbons (Fsp3) is 0.579. The van der Waals surface area contributed by atoms with Crippen molar-refractivity contribution >= 4 is 11.8 Å². The number of carbonyl (C=O) groups excluding carboxylic acids is 2. The predicted octanol–water partition coefficient (Wildman–Crippen LogP) is 1.74. The molecule has 1 aromatic rings. The van der Waals surface area contributed by atoms with Crippen LogP contribution in [0, 0.1) is 0 Å². The number of carbonyl (C=O) groups is 2. The molecule has 2 amide bonds. The molecule has 8 nitrogen and oxygen atoms in total. The van der Waals surface area contributed by atoms with Gasteiger partial charge >= 0.3 is 0 Å². The van der Waals surface area contributed by atoms with Crippen LogP contribution in [0.1, 0.15) is 42.5 Å². The molecular weight excluding hydrogens is 350 g/mol. The lowest BCUT2D eigenvalue weighted by Gasteiger charge is -2.23. The summed E-state index contributed by atoms with van der Waals surface area (Å²) in [5.74, 6) is 0.437. The molecule has 1 saturated heterocycles. The fourth-order valence-electron chi connectivity index (χ4n) is 3.12. The summed E-state index contributed by atoms with van der Waals surface area (Å²) in [4.78, 5) is 26.7. The summed E-state index contributed by atoms with van der Waals surface area (Å²) in [6.07, 6.45) is 5.88. The van der Waals surface area contributed by atoms with Gasteiger partial charge in [0.2, 0.25) is 5.75 Å². The largest absolute Gasteiger partial charge is 0.493 e. The van der Waals surface area contributed by atoms with Gasteiger partial charge < -0.3 is 14.2 Å². The predicted molar refractivity (Wildman–Crippen MR) is 101 cm³/mol. The van der Waals surface area contributed by atoms with Crippen molar-refractivity contribution < 1.29 is 23.8 Å². The molecule has 8 heteroatoms. The first-order valence-corrected chi connectivity index (χ1v) is 9.20. The van der Waals surface area contributed by atoms with Gasteiger partial charge in [-0.25, -0.2) is 0 Å². The molecule has 1 aliphatic heterocycles. The highest BCUT2D eigenvalue weighted by Gasteiger charge is 2.18. The van der Waals surface area contributed by atoms with E-state index < -0.39 is 5.91 Å². The van der Waals surface area contributed by atoms with E-state index in [0.29, 0.717) is 17.2 Å². The lowest BCUT2D eigenvalue weighted by molar-refractivity contribution is -0.123. The summed E-state index contributed by atoms with van der Waals surface area (Å²) in [7, 11) is 4.44. The van der Waals surface area contributed by atoms with E-state index in [4.69, 9.17) is 14.2 Å². The van der Waals surface area contributed by atoms with Crippen LogP contribution in [0.2, 0.25) is 0 Å². The van der Waals surface area contributed by atoms with Gasteiger partial charge in [0.05, 0.1) is 27.9 Å². The number of hydrogen-bond acceptors (Lipinski definition) is 6. The smallest absolute Gasteiger partial charge is 0.269 e. The molecule has 150 valence electrons. The van der Waals surface area contributed by atoms with Crippen molar-refractivity contribution in [3.8, 4) is 17.2 Å². The Bertz CT molecular complexity index is 617. The molecule has 0 radical (unpaired) electrons. The van der Waals surface area contributed by atoms with Gasteiger partial charge in [-0.2, -0.15) is 0 Å². The van der Waals surface area contributed by atoms with Crippen molar-refractivity contribution in [2.24, 2.45) is 0 Å². The normalized spacial score (nSPS) is 15.2. The topological polar surface area (TPSA) is 89.1 Å². The van der Waals surface area contributed by atoms with Crippen molar-refractivity contribution in [1.29, 1.82) is 0 Å². The first kappa shape index (κ1) is 20.8. The molecule has 1 heterocycles. The van der Waals surface area contributed by atoms with Crippen LogP contribution in [-0.4, -0.2) is 57.7 Å². The number of likely N-dealkylation sites (tertiary alicyclic amines) is 1. The molecule has 27 heavy (non-hydrogen) atoms. The lowest BCUT2D eigenvalue weighted by Crippen LogP contribution is -2.46. The van der Waals surface area contributed by atoms with E-state index in [0.717, 1.165) is 25.9 Å². The Balaban J connectivity index is 1.93. The van der Waals surface area contributed by atoms with Gasteiger partial charge in [0.25, 0.3) is 11.8 Å². The van der Waals surface area contributed by atoms with E-state index in [-0.39, 0.29) is 18.0 Å². The van der Waals surface area contributed by atoms with Gasteiger partial charge in [-0.3, -0.25) is 25.3 Å². The van der Waals surface area contributed by atoms with Gasteiger partial charge in [0.15, 0.2) is 11.5 Å². The summed E-state index contributed by atoms with van der Waals surface area (Å²) in [5.41, 5.74) is 5.20. The lowest BCUT2D eigenvalue weighted by atomic mass is 10.1. The molecule has 1 aliphatic rings. The minimum absolute atomic E-state index is 0.239. The van der Waals surface area contributed by atoms with Crippen LogP contribution in [0.15, 0.2) is 12.1 Å². The number of hydrazine groups is 1. The summed E-state index contributed by atoms with van der Waals surface area (Å²) in [5, 5.41) is 0. The third-order valence-corrected chi connectivity index (χ3v) is 4.56. The van der Waals surface area contributed by atoms with Gasteiger partial charge in [-0.05, 0) is 38.1 Å². The first-order chi connectivity index (χ1) is 13.1. The molecular formula is C19H29N3O5. The highest BCUT2D eigenvalue weighted by Crippen LogP contribution is 2.38. The zero-order valence-electron chi connectivity index (χ0n) is 16.3. The fourth-order valence-corrected chi connectivity index (χ4v) is 3.12. The van der Waals surface area contributed by atoms with E-state index in [1.54, 1.807) is 0 Å². The van der Waals surface area contributed by atoms with E-state index >= 15 is 0 Å².